The molecule has 6 heteroatoms. The van der Waals surface area contributed by atoms with Crippen molar-refractivity contribution in [1.29, 1.82) is 0 Å². The average molecular weight is 378 g/mol. The van der Waals surface area contributed by atoms with Gasteiger partial charge in [0.1, 0.15) is 0 Å². The van der Waals surface area contributed by atoms with Crippen molar-refractivity contribution in [3.05, 3.63) is 60.3 Å². The van der Waals surface area contributed by atoms with E-state index in [1.165, 1.54) is 17.5 Å². The van der Waals surface area contributed by atoms with E-state index in [0.717, 1.165) is 18.4 Å². The van der Waals surface area contributed by atoms with Gasteiger partial charge in [-0.3, -0.25) is 0 Å². The van der Waals surface area contributed by atoms with Crippen LogP contribution in [0.5, 0.6) is 11.5 Å². The molecule has 144 valence electrons. The highest BCUT2D eigenvalue weighted by molar-refractivity contribution is 5.88. The van der Waals surface area contributed by atoms with Gasteiger partial charge in [-0.05, 0) is 62.1 Å². The summed E-state index contributed by atoms with van der Waals surface area (Å²) in [5.41, 5.74) is 2.13. The van der Waals surface area contributed by atoms with E-state index in [9.17, 15) is 9.90 Å². The smallest absolute Gasteiger partial charge is 0.354 e. The maximum atomic E-state index is 11.7. The summed E-state index contributed by atoms with van der Waals surface area (Å²) >= 11 is 0. The number of nitrogens with zero attached hydrogens (tertiary/aromatic N) is 2. The minimum Gasteiger partial charge on any atom is -0.493 e. The van der Waals surface area contributed by atoms with Crippen LogP contribution in [0.2, 0.25) is 0 Å². The first kappa shape index (κ1) is 18.1. The normalized spacial score (nSPS) is 14.2. The topological polar surface area (TPSA) is 73.6 Å². The highest BCUT2D eigenvalue weighted by atomic mass is 16.5. The second-order valence-electron chi connectivity index (χ2n) is 6.86. The highest BCUT2D eigenvalue weighted by Crippen LogP contribution is 2.35. The summed E-state index contributed by atoms with van der Waals surface area (Å²) in [6.07, 6.45) is 4.75. The van der Waals surface area contributed by atoms with Crippen molar-refractivity contribution in [2.45, 2.75) is 31.8 Å². The molecule has 1 saturated carbocycles. The van der Waals surface area contributed by atoms with E-state index in [1.807, 2.05) is 48.5 Å². The molecule has 1 aromatic heterocycles. The van der Waals surface area contributed by atoms with Gasteiger partial charge in [-0.15, -0.1) is 0 Å². The Morgan fingerprint density at radius 1 is 1.07 bits per heavy atom. The fourth-order valence-electron chi connectivity index (χ4n) is 3.55. The Bertz CT molecular complexity index is 975. The molecule has 3 aromatic rings. The van der Waals surface area contributed by atoms with Gasteiger partial charge in [-0.2, -0.15) is 5.10 Å². The van der Waals surface area contributed by atoms with Crippen LogP contribution in [0.25, 0.3) is 16.9 Å². The number of ether oxygens (including phenoxy) is 2. The number of methoxy groups -OCH3 is 1. The van der Waals surface area contributed by atoms with Gasteiger partial charge in [0.15, 0.2) is 17.2 Å². The number of carboxylic acid groups (broad SMARTS) is 1. The summed E-state index contributed by atoms with van der Waals surface area (Å²) in [4.78, 5) is 11.7. The molecule has 0 aliphatic heterocycles. The van der Waals surface area contributed by atoms with Gasteiger partial charge in [0.2, 0.25) is 0 Å². The van der Waals surface area contributed by atoms with Crippen LogP contribution >= 0.6 is 0 Å². The molecular formula is C22H22N2O4. The molecule has 0 unspecified atom stereocenters. The number of benzene rings is 2. The Kier molecular flexibility index (Phi) is 5.02. The molecule has 0 bridgehead atoms. The lowest BCUT2D eigenvalue weighted by atomic mass is 10.1. The molecule has 4 rings (SSSR count). The lowest BCUT2D eigenvalue weighted by Crippen LogP contribution is -2.11. The van der Waals surface area contributed by atoms with Crippen molar-refractivity contribution in [3.63, 3.8) is 0 Å². The Morgan fingerprint density at radius 2 is 1.82 bits per heavy atom. The molecule has 0 atom stereocenters. The first-order valence-electron chi connectivity index (χ1n) is 9.39. The Hall–Kier alpha value is -3.28. The van der Waals surface area contributed by atoms with E-state index < -0.39 is 5.97 Å². The first-order chi connectivity index (χ1) is 13.7. The molecule has 1 N–H and O–H groups in total. The number of hydrogen-bond donors (Lipinski definition) is 1. The van der Waals surface area contributed by atoms with Crippen LogP contribution in [0.15, 0.2) is 54.6 Å². The van der Waals surface area contributed by atoms with Crippen LogP contribution in [-0.4, -0.2) is 34.1 Å². The zero-order valence-corrected chi connectivity index (χ0v) is 15.7. The van der Waals surface area contributed by atoms with E-state index in [-0.39, 0.29) is 11.8 Å². The number of aromatic nitrogens is 2. The number of carboxylic acids is 1. The van der Waals surface area contributed by atoms with Gasteiger partial charge >= 0.3 is 5.97 Å². The second kappa shape index (κ2) is 7.76. The minimum absolute atomic E-state index is 0.103. The minimum atomic E-state index is -1.03. The van der Waals surface area contributed by atoms with E-state index in [2.05, 4.69) is 5.10 Å². The standard InChI is InChI=1S/C22H22N2O4/c1-27-21-13-15(11-12-20(21)28-17-9-5-6-10-17)18-14-19(22(25)26)24(23-18)16-7-3-2-4-8-16/h2-4,7-8,11-14,17H,5-6,9-10H2,1H3,(H,25,26). The van der Waals surface area contributed by atoms with Crippen molar-refractivity contribution < 1.29 is 19.4 Å². The molecule has 0 spiro atoms. The first-order valence-corrected chi connectivity index (χ1v) is 9.39. The van der Waals surface area contributed by atoms with Crippen LogP contribution in [0.4, 0.5) is 0 Å². The molecular weight excluding hydrogens is 356 g/mol. The van der Waals surface area contributed by atoms with Crippen molar-refractivity contribution in [2.75, 3.05) is 7.11 Å². The van der Waals surface area contributed by atoms with E-state index >= 15 is 0 Å². The summed E-state index contributed by atoms with van der Waals surface area (Å²) in [6.45, 7) is 0. The molecule has 1 aliphatic rings. The van der Waals surface area contributed by atoms with Crippen molar-refractivity contribution in [3.8, 4) is 28.4 Å². The third-order valence-electron chi connectivity index (χ3n) is 4.98. The largest absolute Gasteiger partial charge is 0.493 e. The molecule has 0 amide bonds. The van der Waals surface area contributed by atoms with Gasteiger partial charge in [0, 0.05) is 5.56 Å². The van der Waals surface area contributed by atoms with Gasteiger partial charge in [0.25, 0.3) is 0 Å². The number of rotatable bonds is 6. The lowest BCUT2D eigenvalue weighted by Gasteiger charge is -2.16. The summed E-state index contributed by atoms with van der Waals surface area (Å²) in [6, 6.07) is 16.4. The molecule has 1 fully saturated rings. The zero-order chi connectivity index (χ0) is 19.5. The lowest BCUT2D eigenvalue weighted by molar-refractivity contribution is 0.0687. The Balaban J connectivity index is 1.69. The Labute approximate surface area is 163 Å². The van der Waals surface area contributed by atoms with Gasteiger partial charge in [0.05, 0.1) is 24.6 Å². The van der Waals surface area contributed by atoms with E-state index in [4.69, 9.17) is 9.47 Å². The molecule has 1 aliphatic carbocycles. The SMILES string of the molecule is COc1cc(-c2cc(C(=O)O)n(-c3ccccc3)n2)ccc1OC1CCCC1. The maximum Gasteiger partial charge on any atom is 0.354 e. The average Bonchev–Trinajstić information content (AvgIpc) is 3.39. The predicted octanol–water partition coefficient (Wildman–Crippen LogP) is 4.57. The third kappa shape index (κ3) is 3.58. The Morgan fingerprint density at radius 3 is 2.50 bits per heavy atom. The van der Waals surface area contributed by atoms with Gasteiger partial charge < -0.3 is 14.6 Å². The highest BCUT2D eigenvalue weighted by Gasteiger charge is 2.20. The molecule has 28 heavy (non-hydrogen) atoms. The molecule has 2 aromatic carbocycles. The second-order valence-corrected chi connectivity index (χ2v) is 6.86. The molecule has 1 heterocycles. The number of carbonyl (C=O) groups is 1. The van der Waals surface area contributed by atoms with Gasteiger partial charge in [-0.1, -0.05) is 18.2 Å². The van der Waals surface area contributed by atoms with E-state index in [1.54, 1.807) is 13.2 Å². The quantitative estimate of drug-likeness (QED) is 0.680. The predicted molar refractivity (Wildman–Crippen MR) is 105 cm³/mol. The zero-order valence-electron chi connectivity index (χ0n) is 15.7. The van der Waals surface area contributed by atoms with Crippen LogP contribution in [-0.2, 0) is 0 Å². The summed E-state index contributed by atoms with van der Waals surface area (Å²) in [5.74, 6) is 0.297. The monoisotopic (exact) mass is 378 g/mol. The molecule has 6 nitrogen and oxygen atoms in total. The van der Waals surface area contributed by atoms with E-state index in [0.29, 0.717) is 22.9 Å². The number of aromatic carboxylic acids is 1. The van der Waals surface area contributed by atoms with Crippen LogP contribution in [0.3, 0.4) is 0 Å². The number of para-hydroxylation sites is 1. The van der Waals surface area contributed by atoms with Crippen LogP contribution in [0, 0.1) is 0 Å². The van der Waals surface area contributed by atoms with Crippen molar-refractivity contribution in [2.24, 2.45) is 0 Å². The van der Waals surface area contributed by atoms with Gasteiger partial charge in [-0.25, -0.2) is 9.48 Å². The molecule has 0 radical (unpaired) electrons. The summed E-state index contributed by atoms with van der Waals surface area (Å²) in [7, 11) is 1.60. The summed E-state index contributed by atoms with van der Waals surface area (Å²) in [5, 5.41) is 14.1. The fourth-order valence-corrected chi connectivity index (χ4v) is 3.55. The van der Waals surface area contributed by atoms with Crippen molar-refractivity contribution in [1.82, 2.24) is 9.78 Å². The van der Waals surface area contributed by atoms with Crippen molar-refractivity contribution >= 4 is 5.97 Å². The van der Waals surface area contributed by atoms with Crippen LogP contribution < -0.4 is 9.47 Å². The van der Waals surface area contributed by atoms with Crippen LogP contribution in [0.1, 0.15) is 36.2 Å². The maximum absolute atomic E-state index is 11.7. The summed E-state index contributed by atoms with van der Waals surface area (Å²) < 4.78 is 13.0. The number of hydrogen-bond acceptors (Lipinski definition) is 4. The fraction of sp³-hybridized carbons (Fsp3) is 0.273. The third-order valence-corrected chi connectivity index (χ3v) is 4.98. The molecule has 0 saturated heterocycles.